The minimum absolute atomic E-state index is 0.250. The Bertz CT molecular complexity index is 381. The lowest BCUT2D eigenvalue weighted by molar-refractivity contribution is 0.144. The van der Waals surface area contributed by atoms with E-state index in [9.17, 15) is 5.11 Å². The van der Waals surface area contributed by atoms with Gasteiger partial charge in [-0.15, -0.1) is 0 Å². The van der Waals surface area contributed by atoms with Crippen molar-refractivity contribution in [2.45, 2.75) is 25.5 Å². The molecule has 15 heavy (non-hydrogen) atoms. The van der Waals surface area contributed by atoms with Crippen molar-refractivity contribution < 1.29 is 9.84 Å². The maximum Gasteiger partial charge on any atom is 0.128 e. The summed E-state index contributed by atoms with van der Waals surface area (Å²) in [7, 11) is 0. The molecule has 0 saturated heterocycles. The fraction of sp³-hybridized carbons (Fsp3) is 0.455. The zero-order valence-electron chi connectivity index (χ0n) is 8.53. The van der Waals surface area contributed by atoms with Crippen LogP contribution in [0, 0.1) is 6.92 Å². The van der Waals surface area contributed by atoms with Crippen LogP contribution < -0.4 is 10.5 Å². The lowest BCUT2D eigenvalue weighted by atomic mass is 9.99. The van der Waals surface area contributed by atoms with Crippen LogP contribution in [0.5, 0.6) is 5.75 Å². The Balaban J connectivity index is 2.53. The number of rotatable bonds is 0. The summed E-state index contributed by atoms with van der Waals surface area (Å²) in [5.74, 6) is 0.777. The van der Waals surface area contributed by atoms with Crippen LogP contribution in [0.4, 0.5) is 0 Å². The average Bonchev–Trinajstić information content (AvgIpc) is 2.30. The number of hydrogen-bond donors (Lipinski definition) is 2. The first-order valence-corrected chi connectivity index (χ1v) is 5.75. The van der Waals surface area contributed by atoms with Crippen LogP contribution in [-0.4, -0.2) is 17.8 Å². The topological polar surface area (TPSA) is 55.5 Å². The SMILES string of the molecule is Cc1cc(Br)cc2c1OCCC(N)C2O. The number of aliphatic hydroxyl groups excluding tert-OH is 1. The zero-order chi connectivity index (χ0) is 11.0. The van der Waals surface area contributed by atoms with Gasteiger partial charge in [0.25, 0.3) is 0 Å². The molecule has 0 aliphatic carbocycles. The van der Waals surface area contributed by atoms with Crippen LogP contribution in [0.25, 0.3) is 0 Å². The third kappa shape index (κ3) is 2.02. The fourth-order valence-electron chi connectivity index (χ4n) is 1.86. The fourth-order valence-corrected chi connectivity index (χ4v) is 2.45. The van der Waals surface area contributed by atoms with E-state index >= 15 is 0 Å². The van der Waals surface area contributed by atoms with Gasteiger partial charge in [-0.1, -0.05) is 15.9 Å². The quantitative estimate of drug-likeness (QED) is 0.758. The second-order valence-corrected chi connectivity index (χ2v) is 4.80. The molecule has 3 nitrogen and oxygen atoms in total. The highest BCUT2D eigenvalue weighted by Gasteiger charge is 2.25. The average molecular weight is 272 g/mol. The summed E-state index contributed by atoms with van der Waals surface area (Å²) < 4.78 is 6.55. The van der Waals surface area contributed by atoms with Crippen LogP contribution in [-0.2, 0) is 0 Å². The van der Waals surface area contributed by atoms with Crippen molar-refractivity contribution in [1.29, 1.82) is 0 Å². The van der Waals surface area contributed by atoms with Crippen molar-refractivity contribution in [3.8, 4) is 5.75 Å². The lowest BCUT2D eigenvalue weighted by Gasteiger charge is -2.17. The first-order chi connectivity index (χ1) is 7.09. The Morgan fingerprint density at radius 1 is 1.53 bits per heavy atom. The highest BCUT2D eigenvalue weighted by molar-refractivity contribution is 9.10. The van der Waals surface area contributed by atoms with E-state index in [-0.39, 0.29) is 6.04 Å². The number of nitrogens with two attached hydrogens (primary N) is 1. The first-order valence-electron chi connectivity index (χ1n) is 4.96. The summed E-state index contributed by atoms with van der Waals surface area (Å²) in [5.41, 5.74) is 7.65. The van der Waals surface area contributed by atoms with Crippen LogP contribution in [0.3, 0.4) is 0 Å². The predicted molar refractivity (Wildman–Crippen MR) is 61.9 cm³/mol. The van der Waals surface area contributed by atoms with Gasteiger partial charge in [-0.2, -0.15) is 0 Å². The molecule has 0 saturated carbocycles. The van der Waals surface area contributed by atoms with Crippen LogP contribution in [0.2, 0.25) is 0 Å². The van der Waals surface area contributed by atoms with E-state index in [0.29, 0.717) is 13.0 Å². The van der Waals surface area contributed by atoms with Crippen molar-refractivity contribution in [3.63, 3.8) is 0 Å². The van der Waals surface area contributed by atoms with E-state index in [2.05, 4.69) is 15.9 Å². The van der Waals surface area contributed by atoms with Crippen molar-refractivity contribution in [1.82, 2.24) is 0 Å². The Labute approximate surface area is 97.4 Å². The van der Waals surface area contributed by atoms with Crippen molar-refractivity contribution in [3.05, 3.63) is 27.7 Å². The van der Waals surface area contributed by atoms with Gasteiger partial charge in [-0.3, -0.25) is 0 Å². The molecule has 82 valence electrons. The number of aryl methyl sites for hydroxylation is 1. The van der Waals surface area contributed by atoms with E-state index < -0.39 is 6.10 Å². The molecule has 1 aromatic rings. The Hall–Kier alpha value is -0.580. The van der Waals surface area contributed by atoms with Gasteiger partial charge >= 0.3 is 0 Å². The van der Waals surface area contributed by atoms with Gasteiger partial charge < -0.3 is 15.6 Å². The second kappa shape index (κ2) is 4.12. The molecule has 1 heterocycles. The monoisotopic (exact) mass is 271 g/mol. The van der Waals surface area contributed by atoms with Crippen LogP contribution in [0.15, 0.2) is 16.6 Å². The van der Waals surface area contributed by atoms with Crippen LogP contribution >= 0.6 is 15.9 Å². The molecule has 1 aliphatic rings. The third-order valence-electron chi connectivity index (χ3n) is 2.69. The van der Waals surface area contributed by atoms with Gasteiger partial charge in [0.05, 0.1) is 12.7 Å². The van der Waals surface area contributed by atoms with E-state index in [4.69, 9.17) is 10.5 Å². The van der Waals surface area contributed by atoms with E-state index in [1.165, 1.54) is 0 Å². The number of benzene rings is 1. The maximum absolute atomic E-state index is 10.0. The minimum atomic E-state index is -0.640. The molecular formula is C11H14BrNO2. The number of ether oxygens (including phenoxy) is 1. The minimum Gasteiger partial charge on any atom is -0.493 e. The summed E-state index contributed by atoms with van der Waals surface area (Å²) in [4.78, 5) is 0. The molecule has 1 aromatic carbocycles. The highest BCUT2D eigenvalue weighted by atomic mass is 79.9. The molecule has 0 amide bonds. The Morgan fingerprint density at radius 3 is 3.00 bits per heavy atom. The lowest BCUT2D eigenvalue weighted by Crippen LogP contribution is -2.28. The maximum atomic E-state index is 10.0. The van der Waals surface area contributed by atoms with Gasteiger partial charge in [-0.25, -0.2) is 0 Å². The van der Waals surface area contributed by atoms with Crippen molar-refractivity contribution in [2.75, 3.05) is 6.61 Å². The summed E-state index contributed by atoms with van der Waals surface area (Å²) in [6, 6.07) is 3.60. The summed E-state index contributed by atoms with van der Waals surface area (Å²) in [6.45, 7) is 2.53. The van der Waals surface area contributed by atoms with Gasteiger partial charge in [0.2, 0.25) is 0 Å². The number of aliphatic hydroxyl groups is 1. The first kappa shape index (κ1) is 10.9. The molecule has 2 rings (SSSR count). The van der Waals surface area contributed by atoms with E-state index in [0.717, 1.165) is 21.3 Å². The molecule has 2 atom stereocenters. The Morgan fingerprint density at radius 2 is 2.27 bits per heavy atom. The summed E-state index contributed by atoms with van der Waals surface area (Å²) in [5, 5.41) is 10.0. The molecule has 0 bridgehead atoms. The molecule has 0 spiro atoms. The van der Waals surface area contributed by atoms with E-state index in [1.807, 2.05) is 19.1 Å². The molecular weight excluding hydrogens is 258 g/mol. The molecule has 2 unspecified atom stereocenters. The van der Waals surface area contributed by atoms with E-state index in [1.54, 1.807) is 0 Å². The molecule has 1 aliphatic heterocycles. The molecule has 0 aromatic heterocycles. The molecule has 4 heteroatoms. The second-order valence-electron chi connectivity index (χ2n) is 3.89. The third-order valence-corrected chi connectivity index (χ3v) is 3.15. The van der Waals surface area contributed by atoms with Gasteiger partial charge in [0.1, 0.15) is 5.75 Å². The number of halogens is 1. The smallest absolute Gasteiger partial charge is 0.128 e. The van der Waals surface area contributed by atoms with Gasteiger partial charge in [-0.05, 0) is 31.0 Å². The molecule has 3 N–H and O–H groups in total. The molecule has 0 radical (unpaired) electrons. The molecule has 0 fully saturated rings. The number of hydrogen-bond acceptors (Lipinski definition) is 3. The standard InChI is InChI=1S/C11H14BrNO2/c1-6-4-7(12)5-8-10(14)9(13)2-3-15-11(6)8/h4-5,9-10,14H,2-3,13H2,1H3. The van der Waals surface area contributed by atoms with Crippen molar-refractivity contribution >= 4 is 15.9 Å². The normalized spacial score (nSPS) is 25.3. The van der Waals surface area contributed by atoms with Gasteiger partial charge in [0.15, 0.2) is 0 Å². The largest absolute Gasteiger partial charge is 0.493 e. The van der Waals surface area contributed by atoms with Gasteiger partial charge in [0, 0.05) is 16.1 Å². The predicted octanol–water partition coefficient (Wildman–Crippen LogP) is 1.90. The summed E-state index contributed by atoms with van der Waals surface area (Å²) >= 11 is 3.41. The van der Waals surface area contributed by atoms with Crippen LogP contribution in [0.1, 0.15) is 23.7 Å². The number of fused-ring (bicyclic) bond motifs is 1. The summed E-state index contributed by atoms with van der Waals surface area (Å²) in [6.07, 6.45) is 0.0334. The van der Waals surface area contributed by atoms with Crippen molar-refractivity contribution in [2.24, 2.45) is 5.73 Å². The Kier molecular flexibility index (Phi) is 3.00. The highest BCUT2D eigenvalue weighted by Crippen LogP contribution is 2.35. The zero-order valence-corrected chi connectivity index (χ0v) is 10.1.